The summed E-state index contributed by atoms with van der Waals surface area (Å²) < 4.78 is 13.2. The molecule has 0 atom stereocenters. The average Bonchev–Trinajstić information content (AvgIpc) is 3.02. The molecule has 11 nitrogen and oxygen atoms in total. The third-order valence-corrected chi connectivity index (χ3v) is 7.11. The molecule has 2 N–H and O–H groups in total. The van der Waals surface area contributed by atoms with E-state index in [9.17, 15) is 9.59 Å². The Morgan fingerprint density at radius 1 is 0.854 bits per heavy atom. The van der Waals surface area contributed by atoms with Crippen LogP contribution < -0.4 is 36.4 Å². The first-order valence-electron chi connectivity index (χ1n) is 13.7. The monoisotopic (exact) mass is 557 g/mol. The molecule has 2 aromatic carbocycles. The van der Waals surface area contributed by atoms with Crippen LogP contribution in [0.25, 0.3) is 0 Å². The van der Waals surface area contributed by atoms with E-state index in [4.69, 9.17) is 9.47 Å². The molecule has 41 heavy (non-hydrogen) atoms. The Morgan fingerprint density at radius 3 is 2.07 bits per heavy atom. The van der Waals surface area contributed by atoms with Crippen molar-refractivity contribution < 1.29 is 9.47 Å². The first kappa shape index (κ1) is 27.9. The number of anilines is 2. The number of nitrogens with zero attached hydrogens (tertiary/aromatic N) is 5. The predicted molar refractivity (Wildman–Crippen MR) is 158 cm³/mol. The minimum absolute atomic E-state index is 0.0985. The molecule has 0 radical (unpaired) electrons. The normalized spacial score (nSPS) is 13.2. The van der Waals surface area contributed by atoms with Crippen LogP contribution in [-0.4, -0.2) is 66.0 Å². The molecule has 4 aromatic rings. The molecular formula is C30H35N7O4. The number of aromatic nitrogens is 4. The van der Waals surface area contributed by atoms with E-state index in [0.29, 0.717) is 18.7 Å². The van der Waals surface area contributed by atoms with Crippen LogP contribution in [-0.2, 0) is 19.5 Å². The molecule has 1 aliphatic heterocycles. The van der Waals surface area contributed by atoms with Gasteiger partial charge < -0.3 is 25.0 Å². The van der Waals surface area contributed by atoms with Crippen LogP contribution >= 0.6 is 0 Å². The molecular weight excluding hydrogens is 522 g/mol. The molecule has 1 aliphatic rings. The standard InChI is InChI=1S/C30H35N7O4/c1-40-25-9-5-22(6-10-25)20-36-28(33-15-13-24-4-3-14-32-27(24)35-18-16-31-17-19-35)34-29(38)37(30(36)39)21-23-7-11-26(41-2)12-8-23/h3-12,14,31H,13,15-21H2,1-2H3,(H,33,34,38). The minimum atomic E-state index is -0.609. The summed E-state index contributed by atoms with van der Waals surface area (Å²) in [5.41, 5.74) is 1.71. The van der Waals surface area contributed by atoms with Crippen LogP contribution in [0.3, 0.4) is 0 Å². The van der Waals surface area contributed by atoms with Gasteiger partial charge in [-0.25, -0.2) is 19.1 Å². The number of hydrogen-bond acceptors (Lipinski definition) is 9. The zero-order chi connectivity index (χ0) is 28.6. The zero-order valence-electron chi connectivity index (χ0n) is 23.4. The van der Waals surface area contributed by atoms with E-state index >= 15 is 0 Å². The van der Waals surface area contributed by atoms with Crippen molar-refractivity contribution in [2.24, 2.45) is 0 Å². The molecule has 0 aliphatic carbocycles. The van der Waals surface area contributed by atoms with Crippen LogP contribution in [0.5, 0.6) is 11.5 Å². The second-order valence-electron chi connectivity index (χ2n) is 9.77. The van der Waals surface area contributed by atoms with E-state index in [2.05, 4.69) is 31.6 Å². The average molecular weight is 558 g/mol. The first-order valence-corrected chi connectivity index (χ1v) is 13.7. The summed E-state index contributed by atoms with van der Waals surface area (Å²) in [5, 5.41) is 6.63. The predicted octanol–water partition coefficient (Wildman–Crippen LogP) is 1.98. The number of benzene rings is 2. The van der Waals surface area contributed by atoms with Gasteiger partial charge in [0, 0.05) is 38.9 Å². The third kappa shape index (κ3) is 6.75. The molecule has 0 unspecified atom stereocenters. The lowest BCUT2D eigenvalue weighted by molar-refractivity contribution is 0.414. The van der Waals surface area contributed by atoms with E-state index in [1.54, 1.807) is 26.4 Å². The van der Waals surface area contributed by atoms with Gasteiger partial charge in [-0.2, -0.15) is 4.98 Å². The maximum Gasteiger partial charge on any atom is 0.355 e. The molecule has 11 heteroatoms. The number of ether oxygens (including phenoxy) is 2. The Balaban J connectivity index is 1.41. The SMILES string of the molecule is COc1ccc(Cn2c(NCCc3cccnc3N3CCNCC3)nc(=O)n(Cc3ccc(OC)cc3)c2=O)cc1. The van der Waals surface area contributed by atoms with E-state index in [1.165, 1.54) is 4.57 Å². The van der Waals surface area contributed by atoms with Gasteiger partial charge in [0.25, 0.3) is 0 Å². The molecule has 1 saturated heterocycles. The molecule has 214 valence electrons. The Kier molecular flexibility index (Phi) is 8.95. The van der Waals surface area contributed by atoms with Crippen molar-refractivity contribution in [1.82, 2.24) is 24.4 Å². The van der Waals surface area contributed by atoms with E-state index in [0.717, 1.165) is 59.0 Å². The fraction of sp³-hybridized carbons (Fsp3) is 0.333. The first-order chi connectivity index (χ1) is 20.1. The summed E-state index contributed by atoms with van der Waals surface area (Å²) >= 11 is 0. The molecule has 5 rings (SSSR count). The van der Waals surface area contributed by atoms with Gasteiger partial charge in [-0.1, -0.05) is 30.3 Å². The second kappa shape index (κ2) is 13.1. The minimum Gasteiger partial charge on any atom is -0.497 e. The molecule has 1 fully saturated rings. The number of methoxy groups -OCH3 is 2. The van der Waals surface area contributed by atoms with Crippen molar-refractivity contribution in [2.45, 2.75) is 19.5 Å². The maximum atomic E-state index is 13.7. The van der Waals surface area contributed by atoms with Gasteiger partial charge in [0.15, 0.2) is 0 Å². The summed E-state index contributed by atoms with van der Waals surface area (Å²) in [4.78, 5) is 38.1. The Bertz CT molecular complexity index is 1560. The smallest absolute Gasteiger partial charge is 0.355 e. The lowest BCUT2D eigenvalue weighted by Gasteiger charge is -2.30. The summed E-state index contributed by atoms with van der Waals surface area (Å²) in [5.74, 6) is 2.62. The topological polar surface area (TPSA) is 116 Å². The van der Waals surface area contributed by atoms with Crippen molar-refractivity contribution in [3.8, 4) is 11.5 Å². The molecule has 2 aromatic heterocycles. The van der Waals surface area contributed by atoms with Gasteiger partial charge in [-0.05, 0) is 53.4 Å². The maximum absolute atomic E-state index is 13.7. The molecule has 0 saturated carbocycles. The molecule has 3 heterocycles. The van der Waals surface area contributed by atoms with E-state index in [-0.39, 0.29) is 19.0 Å². The fourth-order valence-corrected chi connectivity index (χ4v) is 4.86. The number of rotatable bonds is 11. The van der Waals surface area contributed by atoms with Crippen molar-refractivity contribution in [2.75, 3.05) is 57.2 Å². The van der Waals surface area contributed by atoms with Crippen LogP contribution in [0, 0.1) is 0 Å². The summed E-state index contributed by atoms with van der Waals surface area (Å²) in [6, 6.07) is 18.7. The molecule has 0 spiro atoms. The highest BCUT2D eigenvalue weighted by molar-refractivity contribution is 5.47. The Hall–Kier alpha value is -4.64. The van der Waals surface area contributed by atoms with Crippen molar-refractivity contribution in [3.05, 3.63) is 105 Å². The van der Waals surface area contributed by atoms with E-state index < -0.39 is 11.4 Å². The third-order valence-electron chi connectivity index (χ3n) is 7.11. The van der Waals surface area contributed by atoms with Crippen LogP contribution in [0.2, 0.25) is 0 Å². The summed E-state index contributed by atoms with van der Waals surface area (Å²) in [6.07, 6.45) is 2.46. The molecule has 0 bridgehead atoms. The highest BCUT2D eigenvalue weighted by Crippen LogP contribution is 2.19. The van der Waals surface area contributed by atoms with Crippen molar-refractivity contribution in [1.29, 1.82) is 0 Å². The highest BCUT2D eigenvalue weighted by atomic mass is 16.5. The summed E-state index contributed by atoms with van der Waals surface area (Å²) in [6.45, 7) is 4.44. The highest BCUT2D eigenvalue weighted by Gasteiger charge is 2.17. The van der Waals surface area contributed by atoms with Crippen LogP contribution in [0.15, 0.2) is 76.4 Å². The number of piperazine rings is 1. The lowest BCUT2D eigenvalue weighted by Crippen LogP contribution is -2.44. The van der Waals surface area contributed by atoms with Crippen LogP contribution in [0.1, 0.15) is 16.7 Å². The van der Waals surface area contributed by atoms with Gasteiger partial charge in [-0.15, -0.1) is 0 Å². The van der Waals surface area contributed by atoms with Crippen molar-refractivity contribution >= 4 is 11.8 Å². The van der Waals surface area contributed by atoms with E-state index in [1.807, 2.05) is 48.7 Å². The van der Waals surface area contributed by atoms with Crippen LogP contribution in [0.4, 0.5) is 11.8 Å². The van der Waals surface area contributed by atoms with Gasteiger partial charge >= 0.3 is 11.4 Å². The van der Waals surface area contributed by atoms with Crippen molar-refractivity contribution in [3.63, 3.8) is 0 Å². The number of pyridine rings is 1. The zero-order valence-corrected chi connectivity index (χ0v) is 23.4. The lowest BCUT2D eigenvalue weighted by atomic mass is 10.1. The quantitative estimate of drug-likeness (QED) is 0.286. The Morgan fingerprint density at radius 2 is 1.46 bits per heavy atom. The molecule has 0 amide bonds. The second-order valence-corrected chi connectivity index (χ2v) is 9.77. The van der Waals surface area contributed by atoms with Gasteiger partial charge in [0.1, 0.15) is 17.3 Å². The number of nitrogens with one attached hydrogen (secondary N) is 2. The fourth-order valence-electron chi connectivity index (χ4n) is 4.86. The van der Waals surface area contributed by atoms with Gasteiger partial charge in [-0.3, -0.25) is 4.57 Å². The number of hydrogen-bond donors (Lipinski definition) is 2. The summed E-state index contributed by atoms with van der Waals surface area (Å²) in [7, 11) is 3.20. The Labute approximate surface area is 238 Å². The van der Waals surface area contributed by atoms with Gasteiger partial charge in [0.2, 0.25) is 5.95 Å². The van der Waals surface area contributed by atoms with Gasteiger partial charge in [0.05, 0.1) is 27.3 Å². The largest absolute Gasteiger partial charge is 0.497 e.